The van der Waals surface area contributed by atoms with E-state index in [0.29, 0.717) is 21.5 Å². The molecule has 3 N–H and O–H groups in total. The Morgan fingerprint density at radius 3 is 2.40 bits per heavy atom. The molecule has 0 aliphatic rings. The molecule has 82 valence electrons. The van der Waals surface area contributed by atoms with Crippen molar-refractivity contribution in [2.24, 2.45) is 5.73 Å². The van der Waals surface area contributed by atoms with Crippen LogP contribution in [0.5, 0.6) is 0 Å². The minimum Gasteiger partial charge on any atom is -0.393 e. The van der Waals surface area contributed by atoms with Crippen molar-refractivity contribution in [3.05, 3.63) is 28.2 Å². The number of benzene rings is 1. The molecular weight excluding hydrogens is 251 g/mol. The number of anilines is 1. The molecule has 0 aliphatic heterocycles. The second kappa shape index (κ2) is 5.54. The zero-order valence-corrected chi connectivity index (χ0v) is 10.6. The molecule has 0 aliphatic carbocycles. The molecule has 0 spiro atoms. The highest BCUT2D eigenvalue weighted by atomic mass is 35.5. The molecule has 1 rings (SSSR count). The number of nitrogens with two attached hydrogens (primary N) is 1. The van der Waals surface area contributed by atoms with Crippen molar-refractivity contribution in [2.75, 3.05) is 5.32 Å². The van der Waals surface area contributed by atoms with Gasteiger partial charge in [-0.15, -0.1) is 0 Å². The number of rotatable bonds is 4. The molecule has 2 nitrogen and oxygen atoms in total. The van der Waals surface area contributed by atoms with Crippen LogP contribution in [-0.4, -0.2) is 11.0 Å². The van der Waals surface area contributed by atoms with Gasteiger partial charge in [-0.05, 0) is 25.1 Å². The Morgan fingerprint density at radius 1 is 1.40 bits per heavy atom. The van der Waals surface area contributed by atoms with Crippen molar-refractivity contribution in [1.29, 1.82) is 0 Å². The number of thiocarbonyl (C=S) groups is 1. The lowest BCUT2D eigenvalue weighted by atomic mass is 10.2. The molecule has 0 bridgehead atoms. The van der Waals surface area contributed by atoms with Crippen molar-refractivity contribution in [3.8, 4) is 0 Å². The van der Waals surface area contributed by atoms with Crippen LogP contribution in [0.25, 0.3) is 0 Å². The van der Waals surface area contributed by atoms with Gasteiger partial charge in [-0.25, -0.2) is 0 Å². The normalized spacial score (nSPS) is 12.2. The van der Waals surface area contributed by atoms with E-state index in [-0.39, 0.29) is 6.04 Å². The van der Waals surface area contributed by atoms with Gasteiger partial charge in [-0.1, -0.05) is 35.4 Å². The second-order valence-corrected chi connectivity index (χ2v) is 4.77. The first kappa shape index (κ1) is 12.6. The van der Waals surface area contributed by atoms with Crippen LogP contribution < -0.4 is 11.1 Å². The van der Waals surface area contributed by atoms with Gasteiger partial charge in [0.1, 0.15) is 0 Å². The minimum absolute atomic E-state index is 0.164. The molecule has 0 saturated carbocycles. The summed E-state index contributed by atoms with van der Waals surface area (Å²) < 4.78 is 0. The van der Waals surface area contributed by atoms with Crippen LogP contribution in [-0.2, 0) is 0 Å². The van der Waals surface area contributed by atoms with E-state index >= 15 is 0 Å². The highest BCUT2D eigenvalue weighted by Crippen LogP contribution is 2.23. The maximum absolute atomic E-state index is 5.86. The summed E-state index contributed by atoms with van der Waals surface area (Å²) in [5, 5.41) is 4.43. The summed E-state index contributed by atoms with van der Waals surface area (Å²) in [6.07, 6.45) is 0.638. The monoisotopic (exact) mass is 262 g/mol. The summed E-state index contributed by atoms with van der Waals surface area (Å²) in [5.41, 5.74) is 6.32. The van der Waals surface area contributed by atoms with Gasteiger partial charge in [0.05, 0.1) is 4.99 Å². The van der Waals surface area contributed by atoms with E-state index < -0.39 is 0 Å². The van der Waals surface area contributed by atoms with Crippen molar-refractivity contribution in [1.82, 2.24) is 0 Å². The first-order valence-corrected chi connectivity index (χ1v) is 5.64. The fraction of sp³-hybridized carbons (Fsp3) is 0.300. The fourth-order valence-electron chi connectivity index (χ4n) is 1.27. The van der Waals surface area contributed by atoms with E-state index in [9.17, 15) is 0 Å². The summed E-state index contributed by atoms with van der Waals surface area (Å²) in [5.74, 6) is 0. The van der Waals surface area contributed by atoms with Crippen molar-refractivity contribution in [3.63, 3.8) is 0 Å². The first-order chi connectivity index (χ1) is 6.97. The highest BCUT2D eigenvalue weighted by Gasteiger charge is 2.04. The Kier molecular flexibility index (Phi) is 4.64. The van der Waals surface area contributed by atoms with Gasteiger partial charge in [0, 0.05) is 28.2 Å². The predicted octanol–water partition coefficient (Wildman–Crippen LogP) is 3.47. The molecule has 0 heterocycles. The zero-order chi connectivity index (χ0) is 11.4. The van der Waals surface area contributed by atoms with Crippen LogP contribution in [0.1, 0.15) is 13.3 Å². The van der Waals surface area contributed by atoms with Gasteiger partial charge in [0.2, 0.25) is 0 Å². The molecule has 5 heteroatoms. The third-order valence-electron chi connectivity index (χ3n) is 1.78. The quantitative estimate of drug-likeness (QED) is 0.817. The van der Waals surface area contributed by atoms with E-state index in [2.05, 4.69) is 5.32 Å². The SMILES string of the molecule is CC(CC(N)=S)Nc1cc(Cl)cc(Cl)c1. The smallest absolute Gasteiger partial charge is 0.0747 e. The average Bonchev–Trinajstić information content (AvgIpc) is 1.98. The maximum atomic E-state index is 5.86. The molecule has 0 fully saturated rings. The summed E-state index contributed by atoms with van der Waals surface area (Å²) in [4.78, 5) is 0.489. The molecular formula is C10H12Cl2N2S. The molecule has 0 radical (unpaired) electrons. The van der Waals surface area contributed by atoms with Crippen LogP contribution in [0.4, 0.5) is 5.69 Å². The zero-order valence-electron chi connectivity index (χ0n) is 8.26. The predicted molar refractivity (Wildman–Crippen MR) is 70.9 cm³/mol. The summed E-state index contributed by atoms with van der Waals surface area (Å²) in [6.45, 7) is 1.99. The lowest BCUT2D eigenvalue weighted by Gasteiger charge is -2.14. The largest absolute Gasteiger partial charge is 0.393 e. The third kappa shape index (κ3) is 4.69. The molecule has 1 aromatic rings. The highest BCUT2D eigenvalue weighted by molar-refractivity contribution is 7.80. The second-order valence-electron chi connectivity index (χ2n) is 3.37. The molecule has 0 saturated heterocycles. The molecule has 1 atom stereocenters. The fourth-order valence-corrected chi connectivity index (χ4v) is 2.05. The molecule has 15 heavy (non-hydrogen) atoms. The van der Waals surface area contributed by atoms with E-state index in [1.165, 1.54) is 0 Å². The lowest BCUT2D eigenvalue weighted by molar-refractivity contribution is 0.839. The van der Waals surface area contributed by atoms with Crippen molar-refractivity contribution < 1.29 is 0 Å². The summed E-state index contributed by atoms with van der Waals surface area (Å²) in [7, 11) is 0. The first-order valence-electron chi connectivity index (χ1n) is 4.48. The minimum atomic E-state index is 0.164. The molecule has 0 amide bonds. The Balaban J connectivity index is 2.67. The molecule has 1 unspecified atom stereocenters. The molecule has 1 aromatic carbocycles. The van der Waals surface area contributed by atoms with E-state index in [1.807, 2.05) is 19.1 Å². The van der Waals surface area contributed by atoms with Crippen LogP contribution in [0.15, 0.2) is 18.2 Å². The van der Waals surface area contributed by atoms with Crippen LogP contribution in [0.3, 0.4) is 0 Å². The van der Waals surface area contributed by atoms with Gasteiger partial charge in [-0.2, -0.15) is 0 Å². The average molecular weight is 263 g/mol. The van der Waals surface area contributed by atoms with Gasteiger partial charge in [-0.3, -0.25) is 0 Å². The van der Waals surface area contributed by atoms with Gasteiger partial charge in [0.15, 0.2) is 0 Å². The van der Waals surface area contributed by atoms with Gasteiger partial charge < -0.3 is 11.1 Å². The Hall–Kier alpha value is -0.510. The van der Waals surface area contributed by atoms with Crippen LogP contribution in [0.2, 0.25) is 10.0 Å². The van der Waals surface area contributed by atoms with E-state index in [4.69, 9.17) is 41.2 Å². The van der Waals surface area contributed by atoms with Crippen LogP contribution >= 0.6 is 35.4 Å². The Labute approximate surface area is 105 Å². The number of hydrogen-bond acceptors (Lipinski definition) is 2. The number of nitrogens with one attached hydrogen (secondary N) is 1. The van der Waals surface area contributed by atoms with Crippen LogP contribution in [0, 0.1) is 0 Å². The Bertz CT molecular complexity index is 348. The summed E-state index contributed by atoms with van der Waals surface area (Å²) in [6, 6.07) is 5.47. The topological polar surface area (TPSA) is 38.0 Å². The van der Waals surface area contributed by atoms with E-state index in [0.717, 1.165) is 5.69 Å². The lowest BCUT2D eigenvalue weighted by Crippen LogP contribution is -2.22. The van der Waals surface area contributed by atoms with Crippen molar-refractivity contribution >= 4 is 46.1 Å². The van der Waals surface area contributed by atoms with Gasteiger partial charge in [0.25, 0.3) is 0 Å². The maximum Gasteiger partial charge on any atom is 0.0747 e. The van der Waals surface area contributed by atoms with E-state index in [1.54, 1.807) is 6.07 Å². The third-order valence-corrected chi connectivity index (χ3v) is 2.39. The number of halogens is 2. The van der Waals surface area contributed by atoms with Crippen molar-refractivity contribution in [2.45, 2.75) is 19.4 Å². The van der Waals surface area contributed by atoms with Gasteiger partial charge >= 0.3 is 0 Å². The molecule has 0 aromatic heterocycles. The summed E-state index contributed by atoms with van der Waals surface area (Å²) >= 11 is 16.6. The number of hydrogen-bond donors (Lipinski definition) is 2. The standard InChI is InChI=1S/C10H12Cl2N2S/c1-6(2-10(13)15)14-9-4-7(11)3-8(12)5-9/h3-6,14H,2H2,1H3,(H2,13,15). The Morgan fingerprint density at radius 2 is 1.93 bits per heavy atom.